The smallest absolute Gasteiger partial charge is 0.343 e. The molecule has 0 unspecified atom stereocenters. The lowest BCUT2D eigenvalue weighted by molar-refractivity contribution is -0.384. The van der Waals surface area contributed by atoms with Gasteiger partial charge in [-0.2, -0.15) is 5.01 Å². The van der Waals surface area contributed by atoms with Crippen molar-refractivity contribution in [1.82, 2.24) is 10.0 Å². The summed E-state index contributed by atoms with van der Waals surface area (Å²) >= 11 is 3.30. The van der Waals surface area contributed by atoms with E-state index < -0.39 is 52.8 Å². The number of amides is 3. The number of hydrogen-bond acceptors (Lipinski definition) is 8. The Morgan fingerprint density at radius 2 is 1.36 bits per heavy atom. The number of carbonyl (C=O) groups excluding carboxylic acids is 5. The number of benzene rings is 3. The second-order valence-corrected chi connectivity index (χ2v) is 10.6. The average molecular weight is 632 g/mol. The first kappa shape index (κ1) is 28.6. The van der Waals surface area contributed by atoms with E-state index in [4.69, 9.17) is 4.74 Å². The Kier molecular flexibility index (Phi) is 8.07. The fourth-order valence-corrected chi connectivity index (χ4v) is 5.08. The van der Waals surface area contributed by atoms with Crippen LogP contribution in [0, 0.1) is 22.0 Å². The lowest BCUT2D eigenvalue weighted by Crippen LogP contribution is -2.52. The summed E-state index contributed by atoms with van der Waals surface area (Å²) in [5.74, 6) is -4.33. The van der Waals surface area contributed by atoms with Gasteiger partial charge in [0.1, 0.15) is 12.3 Å². The predicted molar refractivity (Wildman–Crippen MR) is 151 cm³/mol. The van der Waals surface area contributed by atoms with Crippen molar-refractivity contribution in [1.29, 1.82) is 0 Å². The maximum absolute atomic E-state index is 13.6. The number of hydrogen-bond donors (Lipinski definition) is 0. The van der Waals surface area contributed by atoms with E-state index in [2.05, 4.69) is 15.9 Å². The molecule has 3 aromatic carbocycles. The highest BCUT2D eigenvalue weighted by Gasteiger charge is 2.51. The third kappa shape index (κ3) is 5.75. The predicted octanol–water partition coefficient (Wildman–Crippen LogP) is 4.77. The number of carbonyl (C=O) groups is 5. The van der Waals surface area contributed by atoms with E-state index in [0.717, 1.165) is 26.6 Å². The van der Waals surface area contributed by atoms with Crippen LogP contribution in [-0.2, 0) is 9.59 Å². The molecule has 3 amide bonds. The van der Waals surface area contributed by atoms with E-state index in [1.807, 2.05) is 0 Å². The van der Waals surface area contributed by atoms with Gasteiger partial charge in [0.25, 0.3) is 23.4 Å². The number of nitro benzene ring substituents is 1. The molecular formula is C30H22BrN3O8. The van der Waals surface area contributed by atoms with Gasteiger partial charge in [-0.3, -0.25) is 29.3 Å². The normalized spacial score (nSPS) is 17.5. The van der Waals surface area contributed by atoms with E-state index in [1.54, 1.807) is 36.4 Å². The molecule has 12 heteroatoms. The fraction of sp³-hybridized carbons (Fsp3) is 0.167. The number of nitrogens with zero attached hydrogens (tertiary/aromatic N) is 3. The lowest BCUT2D eigenvalue weighted by Gasteiger charge is -2.30. The molecule has 2 atom stereocenters. The van der Waals surface area contributed by atoms with E-state index in [-0.39, 0.29) is 22.6 Å². The molecule has 0 radical (unpaired) electrons. The SMILES string of the molecule is O=C(CN(C(=O)c1ccc([N+](=O)[O-])cc1)N1C(=O)[C@H]2CC=CC[C@@H]2C1=O)c1ccc(OC(=O)c2ccc(Br)cc2)cc1. The molecule has 212 valence electrons. The third-order valence-electron chi connectivity index (χ3n) is 7.05. The van der Waals surface area contributed by atoms with E-state index >= 15 is 0 Å². The van der Waals surface area contributed by atoms with Crippen LogP contribution in [0.1, 0.15) is 43.9 Å². The van der Waals surface area contributed by atoms with E-state index in [9.17, 15) is 34.1 Å². The molecule has 5 rings (SSSR count). The zero-order valence-electron chi connectivity index (χ0n) is 21.8. The Morgan fingerprint density at radius 3 is 1.90 bits per heavy atom. The first-order valence-electron chi connectivity index (χ1n) is 12.8. The maximum atomic E-state index is 13.6. The number of halogens is 1. The van der Waals surface area contributed by atoms with Crippen LogP contribution in [0.5, 0.6) is 5.75 Å². The Bertz CT molecular complexity index is 1590. The summed E-state index contributed by atoms with van der Waals surface area (Å²) in [4.78, 5) is 76.4. The van der Waals surface area contributed by atoms with Crippen molar-refractivity contribution in [2.45, 2.75) is 12.8 Å². The van der Waals surface area contributed by atoms with Crippen molar-refractivity contribution < 1.29 is 33.6 Å². The molecule has 0 N–H and O–H groups in total. The molecule has 0 saturated carbocycles. The molecule has 42 heavy (non-hydrogen) atoms. The van der Waals surface area contributed by atoms with Crippen LogP contribution in [-0.4, -0.2) is 51.0 Å². The van der Waals surface area contributed by atoms with E-state index in [0.29, 0.717) is 18.4 Å². The molecule has 1 aliphatic heterocycles. The largest absolute Gasteiger partial charge is 0.423 e. The molecular weight excluding hydrogens is 610 g/mol. The van der Waals surface area contributed by atoms with Gasteiger partial charge in [0.05, 0.1) is 22.3 Å². The Labute approximate surface area is 247 Å². The van der Waals surface area contributed by atoms with Crippen molar-refractivity contribution in [3.8, 4) is 5.75 Å². The minimum atomic E-state index is -0.841. The number of fused-ring (bicyclic) bond motifs is 1. The first-order valence-corrected chi connectivity index (χ1v) is 13.6. The van der Waals surface area contributed by atoms with Crippen molar-refractivity contribution in [2.75, 3.05) is 6.54 Å². The van der Waals surface area contributed by atoms with E-state index in [1.165, 1.54) is 36.4 Å². The second-order valence-electron chi connectivity index (χ2n) is 9.65. The van der Waals surface area contributed by atoms with Gasteiger partial charge in [-0.1, -0.05) is 28.1 Å². The molecule has 2 aliphatic rings. The number of ether oxygens (including phenoxy) is 1. The minimum absolute atomic E-state index is 0.0443. The van der Waals surface area contributed by atoms with Gasteiger partial charge in [-0.05, 0) is 73.5 Å². The monoisotopic (exact) mass is 631 g/mol. The van der Waals surface area contributed by atoms with Crippen LogP contribution < -0.4 is 4.74 Å². The van der Waals surface area contributed by atoms with Gasteiger partial charge in [0.2, 0.25) is 0 Å². The lowest BCUT2D eigenvalue weighted by atomic mass is 9.85. The number of allylic oxidation sites excluding steroid dienone is 2. The van der Waals surface area contributed by atoms with Crippen LogP contribution in [0.2, 0.25) is 0 Å². The van der Waals surface area contributed by atoms with Gasteiger partial charge in [-0.25, -0.2) is 9.80 Å². The summed E-state index contributed by atoms with van der Waals surface area (Å²) in [6.07, 6.45) is 4.27. The second kappa shape index (κ2) is 11.9. The number of hydrazine groups is 1. The highest BCUT2D eigenvalue weighted by atomic mass is 79.9. The van der Waals surface area contributed by atoms with Crippen LogP contribution in [0.4, 0.5) is 5.69 Å². The number of Topliss-reactive ketones (excluding diaryl/α,β-unsaturated/α-hetero) is 1. The zero-order chi connectivity index (χ0) is 30.0. The highest BCUT2D eigenvalue weighted by Crippen LogP contribution is 2.36. The van der Waals surface area contributed by atoms with Gasteiger partial charge in [0.15, 0.2) is 5.78 Å². The Balaban J connectivity index is 1.37. The summed E-state index contributed by atoms with van der Waals surface area (Å²) in [6.45, 7) is -0.655. The van der Waals surface area contributed by atoms with Crippen molar-refractivity contribution in [2.24, 2.45) is 11.8 Å². The number of rotatable bonds is 8. The molecule has 0 aromatic heterocycles. The van der Waals surface area contributed by atoms with Gasteiger partial charge >= 0.3 is 5.97 Å². The molecule has 1 saturated heterocycles. The fourth-order valence-electron chi connectivity index (χ4n) is 4.82. The highest BCUT2D eigenvalue weighted by molar-refractivity contribution is 9.10. The molecule has 3 aromatic rings. The van der Waals surface area contributed by atoms with Crippen molar-refractivity contribution in [3.05, 3.63) is 116 Å². The van der Waals surface area contributed by atoms with Crippen LogP contribution >= 0.6 is 15.9 Å². The summed E-state index contributed by atoms with van der Waals surface area (Å²) in [5.41, 5.74) is 0.172. The molecule has 0 spiro atoms. The van der Waals surface area contributed by atoms with Gasteiger partial charge < -0.3 is 4.74 Å². The van der Waals surface area contributed by atoms with Gasteiger partial charge in [0, 0.05) is 27.7 Å². The van der Waals surface area contributed by atoms with Gasteiger partial charge in [-0.15, -0.1) is 0 Å². The number of esters is 1. The number of non-ortho nitro benzene ring substituents is 1. The topological polar surface area (TPSA) is 144 Å². The number of ketones is 1. The summed E-state index contributed by atoms with van der Waals surface area (Å²) in [6, 6.07) is 16.9. The zero-order valence-corrected chi connectivity index (χ0v) is 23.4. The third-order valence-corrected chi connectivity index (χ3v) is 7.57. The minimum Gasteiger partial charge on any atom is -0.423 e. The molecule has 1 heterocycles. The van der Waals surface area contributed by atoms with Crippen LogP contribution in [0.15, 0.2) is 89.4 Å². The maximum Gasteiger partial charge on any atom is 0.343 e. The molecule has 1 fully saturated rings. The average Bonchev–Trinajstić information content (AvgIpc) is 3.25. The number of nitro groups is 1. The Hall–Kier alpha value is -4.97. The summed E-state index contributed by atoms with van der Waals surface area (Å²) in [5, 5.41) is 12.6. The van der Waals surface area contributed by atoms with Crippen LogP contribution in [0.3, 0.4) is 0 Å². The standard InChI is InChI=1S/C30H22BrN3O8/c31-21-11-5-20(6-12-21)30(39)42-23-15-9-18(10-16-23)26(35)17-32(27(36)19-7-13-22(14-8-19)34(40)41)33-28(37)24-3-1-2-4-25(24)29(33)38/h1-2,5-16,24-25H,3-4,17H2/t24-,25-/m0/s1. The van der Waals surface area contributed by atoms with Crippen molar-refractivity contribution >= 4 is 51.1 Å². The first-order chi connectivity index (χ1) is 20.1. The Morgan fingerprint density at radius 1 is 0.833 bits per heavy atom. The number of imide groups is 1. The summed E-state index contributed by atoms with van der Waals surface area (Å²) in [7, 11) is 0. The summed E-state index contributed by atoms with van der Waals surface area (Å²) < 4.78 is 6.16. The van der Waals surface area contributed by atoms with Crippen LogP contribution in [0.25, 0.3) is 0 Å². The molecule has 0 bridgehead atoms. The quantitative estimate of drug-likeness (QED) is 0.0657. The molecule has 11 nitrogen and oxygen atoms in total. The van der Waals surface area contributed by atoms with Crippen molar-refractivity contribution in [3.63, 3.8) is 0 Å². The molecule has 1 aliphatic carbocycles.